The van der Waals surface area contributed by atoms with Gasteiger partial charge in [-0.3, -0.25) is 4.98 Å². The number of aromatic nitrogens is 3. The van der Waals surface area contributed by atoms with Crippen LogP contribution in [0.4, 0.5) is 4.39 Å². The third-order valence-corrected chi connectivity index (χ3v) is 6.74. The fourth-order valence-corrected chi connectivity index (χ4v) is 4.48. The van der Waals surface area contributed by atoms with E-state index >= 15 is 0 Å². The van der Waals surface area contributed by atoms with Crippen molar-refractivity contribution in [2.75, 3.05) is 6.54 Å². The van der Waals surface area contributed by atoms with Gasteiger partial charge in [-0.25, -0.2) is 9.37 Å². The Bertz CT molecular complexity index is 1640. The van der Waals surface area contributed by atoms with Crippen molar-refractivity contribution < 1.29 is 4.39 Å². The number of hydrogen-bond acceptors (Lipinski definition) is 4. The molecule has 0 saturated heterocycles. The summed E-state index contributed by atoms with van der Waals surface area (Å²) in [5.41, 5.74) is 15.1. The van der Waals surface area contributed by atoms with Crippen molar-refractivity contribution in [2.24, 2.45) is 5.73 Å². The lowest BCUT2D eigenvalue weighted by atomic mass is 9.98. The Morgan fingerprint density at radius 2 is 1.78 bits per heavy atom. The van der Waals surface area contributed by atoms with E-state index < -0.39 is 0 Å². The minimum absolute atomic E-state index is 0.292. The molecule has 0 atom stereocenters. The summed E-state index contributed by atoms with van der Waals surface area (Å²) in [5.74, 6) is 0.453. The summed E-state index contributed by atoms with van der Waals surface area (Å²) < 4.78 is 13.5. The smallest absolute Gasteiger partial charge is 0.123 e. The molecule has 0 unspecified atom stereocenters. The minimum atomic E-state index is -0.292. The van der Waals surface area contributed by atoms with Crippen molar-refractivity contribution in [2.45, 2.75) is 26.8 Å². The first-order chi connectivity index (χ1) is 19.9. The fraction of sp³-hybridized carbons (Fsp3) is 0.143. The lowest BCUT2D eigenvalue weighted by Crippen LogP contribution is -2.16. The maximum Gasteiger partial charge on any atom is 0.123 e. The topological polar surface area (TPSA) is 79.6 Å². The maximum absolute atomic E-state index is 13.5. The Morgan fingerprint density at radius 1 is 1.02 bits per heavy atom. The third-order valence-electron chi connectivity index (χ3n) is 6.74. The summed E-state index contributed by atoms with van der Waals surface area (Å²) in [6.07, 6.45) is 12.1. The van der Waals surface area contributed by atoms with Crippen LogP contribution >= 0.6 is 0 Å². The van der Waals surface area contributed by atoms with Crippen LogP contribution in [0.25, 0.3) is 22.3 Å². The van der Waals surface area contributed by atoms with Gasteiger partial charge in [-0.05, 0) is 78.1 Å². The van der Waals surface area contributed by atoms with Gasteiger partial charge in [-0.1, -0.05) is 67.8 Å². The number of imidazole rings is 1. The lowest BCUT2D eigenvalue weighted by molar-refractivity contribution is 0.628. The predicted octanol–water partition coefficient (Wildman–Crippen LogP) is 7.50. The zero-order chi connectivity index (χ0) is 29.2. The first-order valence-electron chi connectivity index (χ1n) is 13.6. The Kier molecular flexibility index (Phi) is 9.97. The van der Waals surface area contributed by atoms with Gasteiger partial charge in [0, 0.05) is 37.0 Å². The first-order valence-corrected chi connectivity index (χ1v) is 13.6. The molecule has 2 aromatic carbocycles. The van der Waals surface area contributed by atoms with Crippen molar-refractivity contribution in [1.29, 1.82) is 0 Å². The van der Waals surface area contributed by atoms with E-state index in [0.29, 0.717) is 24.4 Å². The Hall–Kier alpha value is -4.81. The van der Waals surface area contributed by atoms with Crippen molar-refractivity contribution in [3.8, 4) is 11.3 Å². The number of rotatable bonds is 12. The number of benzene rings is 2. The third kappa shape index (κ3) is 7.65. The molecule has 0 bridgehead atoms. The van der Waals surface area contributed by atoms with E-state index in [1.54, 1.807) is 18.3 Å². The van der Waals surface area contributed by atoms with Crippen LogP contribution in [-0.4, -0.2) is 21.5 Å². The Labute approximate surface area is 241 Å². The number of aromatic amines is 1. The van der Waals surface area contributed by atoms with E-state index in [4.69, 9.17) is 10.7 Å². The second kappa shape index (κ2) is 14.0. The van der Waals surface area contributed by atoms with E-state index in [9.17, 15) is 4.39 Å². The van der Waals surface area contributed by atoms with Crippen LogP contribution in [0.2, 0.25) is 0 Å². The van der Waals surface area contributed by atoms with Gasteiger partial charge in [0.1, 0.15) is 17.2 Å². The molecule has 0 aliphatic heterocycles. The molecule has 0 fully saturated rings. The molecular weight excluding hydrogens is 509 g/mol. The van der Waals surface area contributed by atoms with Crippen LogP contribution in [0.15, 0.2) is 138 Å². The highest BCUT2D eigenvalue weighted by molar-refractivity contribution is 5.89. The molecule has 208 valence electrons. The molecule has 4 rings (SSSR count). The van der Waals surface area contributed by atoms with Crippen LogP contribution in [0.5, 0.6) is 0 Å². The minimum Gasteiger partial charge on any atom is -0.399 e. The first kappa shape index (κ1) is 29.2. The number of fused-ring (bicyclic) bond motifs is 1. The Morgan fingerprint density at radius 3 is 2.46 bits per heavy atom. The second-order valence-electron chi connectivity index (χ2n) is 9.62. The molecule has 2 aromatic heterocycles. The lowest BCUT2D eigenvalue weighted by Gasteiger charge is -2.11. The number of nitrogens with zero attached hydrogens (tertiary/aromatic N) is 2. The summed E-state index contributed by atoms with van der Waals surface area (Å²) in [7, 11) is 0. The summed E-state index contributed by atoms with van der Waals surface area (Å²) in [4.78, 5) is 12.8. The highest BCUT2D eigenvalue weighted by Gasteiger charge is 2.13. The van der Waals surface area contributed by atoms with Crippen LogP contribution in [-0.2, 0) is 13.0 Å². The van der Waals surface area contributed by atoms with Crippen molar-refractivity contribution in [3.05, 3.63) is 156 Å². The summed E-state index contributed by atoms with van der Waals surface area (Å²) in [6.45, 7) is 13.7. The van der Waals surface area contributed by atoms with Gasteiger partial charge >= 0.3 is 0 Å². The highest BCUT2D eigenvalue weighted by atomic mass is 19.1. The average molecular weight is 546 g/mol. The van der Waals surface area contributed by atoms with E-state index in [2.05, 4.69) is 46.7 Å². The molecule has 0 radical (unpaired) electrons. The molecule has 0 saturated carbocycles. The number of pyridine rings is 1. The molecular formula is C35H36FN5. The SMILES string of the molecule is C=C/C(=C\C(=C/C)C(=C)/C=C(Cc1nc2c(-c3ccc(F)cc3)nccc2[nH]1)\C(N)=C/C)CNCc1ccccc1. The molecule has 4 N–H and O–H groups in total. The summed E-state index contributed by atoms with van der Waals surface area (Å²) in [5, 5.41) is 3.48. The highest BCUT2D eigenvalue weighted by Crippen LogP contribution is 2.27. The molecule has 0 spiro atoms. The largest absolute Gasteiger partial charge is 0.399 e. The maximum atomic E-state index is 13.5. The normalized spacial score (nSPS) is 13.0. The van der Waals surface area contributed by atoms with Crippen LogP contribution in [0, 0.1) is 5.82 Å². The van der Waals surface area contributed by atoms with Gasteiger partial charge in [0.25, 0.3) is 0 Å². The molecule has 0 aliphatic rings. The quantitative estimate of drug-likeness (QED) is 0.161. The van der Waals surface area contributed by atoms with Gasteiger partial charge in [0.05, 0.1) is 11.2 Å². The van der Waals surface area contributed by atoms with Crippen LogP contribution in [0.3, 0.4) is 0 Å². The average Bonchev–Trinajstić information content (AvgIpc) is 3.41. The Balaban J connectivity index is 1.55. The molecule has 4 aromatic rings. The van der Waals surface area contributed by atoms with E-state index in [0.717, 1.165) is 51.3 Å². The van der Waals surface area contributed by atoms with Gasteiger partial charge in [0.2, 0.25) is 0 Å². The van der Waals surface area contributed by atoms with Crippen LogP contribution < -0.4 is 11.1 Å². The molecule has 0 amide bonds. The van der Waals surface area contributed by atoms with E-state index in [1.165, 1.54) is 17.7 Å². The van der Waals surface area contributed by atoms with Crippen molar-refractivity contribution >= 4 is 11.0 Å². The number of hydrogen-bond donors (Lipinski definition) is 3. The van der Waals surface area contributed by atoms with Gasteiger partial charge in [-0.15, -0.1) is 0 Å². The number of halogens is 1. The molecule has 0 aliphatic carbocycles. The van der Waals surface area contributed by atoms with E-state index in [-0.39, 0.29) is 5.82 Å². The van der Waals surface area contributed by atoms with Gasteiger partial charge < -0.3 is 16.0 Å². The standard InChI is InChI=1S/C35H36FN5/c1-5-25(22-38-23-26-11-9-8-10-12-26)20-27(6-2)24(4)19-29(31(37)7-3)21-33-40-32-17-18-39-34(35(32)41-33)28-13-15-30(36)16-14-28/h5-20,38H,1,4,21-23,37H2,2-3H3,(H,40,41)/b25-20+,27-6+,29-19-,31-7+. The molecule has 6 heteroatoms. The predicted molar refractivity (Wildman–Crippen MR) is 168 cm³/mol. The zero-order valence-corrected chi connectivity index (χ0v) is 23.6. The van der Waals surface area contributed by atoms with Crippen LogP contribution in [0.1, 0.15) is 25.2 Å². The number of nitrogens with two attached hydrogens (primary N) is 1. The number of allylic oxidation sites excluding steroid dienone is 7. The zero-order valence-electron chi connectivity index (χ0n) is 23.6. The summed E-state index contributed by atoms with van der Waals surface area (Å²) >= 11 is 0. The fourth-order valence-electron chi connectivity index (χ4n) is 4.48. The molecule has 41 heavy (non-hydrogen) atoms. The molecule has 2 heterocycles. The van der Waals surface area contributed by atoms with Crippen molar-refractivity contribution in [1.82, 2.24) is 20.3 Å². The van der Waals surface area contributed by atoms with Gasteiger partial charge in [-0.2, -0.15) is 0 Å². The number of H-pyrrole nitrogens is 1. The van der Waals surface area contributed by atoms with Crippen molar-refractivity contribution in [3.63, 3.8) is 0 Å². The van der Waals surface area contributed by atoms with Gasteiger partial charge in [0.15, 0.2) is 0 Å². The second-order valence-corrected chi connectivity index (χ2v) is 9.62. The molecule has 5 nitrogen and oxygen atoms in total. The number of nitrogens with one attached hydrogen (secondary N) is 2. The summed E-state index contributed by atoms with van der Waals surface area (Å²) in [6, 6.07) is 18.4. The van der Waals surface area contributed by atoms with E-state index in [1.807, 2.05) is 62.4 Å². The monoisotopic (exact) mass is 545 g/mol.